The molecular weight excluding hydrogens is 268 g/mol. The number of hydrogen-bond donors (Lipinski definition) is 0. The molecule has 3 heterocycles. The van der Waals surface area contributed by atoms with Gasteiger partial charge in [-0.05, 0) is 44.9 Å². The maximum atomic E-state index is 5.45. The fraction of sp³-hybridized carbons (Fsp3) is 0.562. The van der Waals surface area contributed by atoms with E-state index in [0.717, 1.165) is 37.4 Å². The van der Waals surface area contributed by atoms with Crippen LogP contribution in [0.3, 0.4) is 0 Å². The molecule has 1 fully saturated rings. The monoisotopic (exact) mass is 290 g/mol. The lowest BCUT2D eigenvalue weighted by molar-refractivity contribution is 0.238. The highest BCUT2D eigenvalue weighted by Crippen LogP contribution is 2.33. The number of aryl methyl sites for hydroxylation is 2. The standard InChI is InChI=1S/C16H22N2OS/c1-3-5-13-10-15(17-19-13)16-6-4-9-18(16)11-14-8-7-12(2)20-14/h7-8,10,16H,3-6,9,11H2,1-2H3. The zero-order valence-electron chi connectivity index (χ0n) is 12.3. The molecule has 0 amide bonds. The lowest BCUT2D eigenvalue weighted by atomic mass is 10.1. The van der Waals surface area contributed by atoms with Gasteiger partial charge in [0, 0.05) is 28.8 Å². The van der Waals surface area contributed by atoms with E-state index >= 15 is 0 Å². The Balaban J connectivity index is 1.71. The van der Waals surface area contributed by atoms with Crippen LogP contribution in [0.5, 0.6) is 0 Å². The van der Waals surface area contributed by atoms with Crippen LogP contribution in [0.15, 0.2) is 22.7 Å². The van der Waals surface area contributed by atoms with Crippen LogP contribution >= 0.6 is 11.3 Å². The first-order valence-corrected chi connectivity index (χ1v) is 8.32. The highest BCUT2D eigenvalue weighted by Gasteiger charge is 2.28. The Morgan fingerprint density at radius 3 is 3.10 bits per heavy atom. The fourth-order valence-electron chi connectivity index (χ4n) is 2.97. The predicted octanol–water partition coefficient (Wildman–Crippen LogP) is 4.33. The minimum atomic E-state index is 0.437. The second kappa shape index (κ2) is 6.10. The first kappa shape index (κ1) is 13.8. The van der Waals surface area contributed by atoms with Crippen molar-refractivity contribution in [2.45, 2.75) is 52.1 Å². The molecule has 0 N–H and O–H groups in total. The van der Waals surface area contributed by atoms with Gasteiger partial charge in [-0.2, -0.15) is 0 Å². The summed E-state index contributed by atoms with van der Waals surface area (Å²) in [6.45, 7) is 6.55. The smallest absolute Gasteiger partial charge is 0.137 e. The molecule has 2 aromatic rings. The summed E-state index contributed by atoms with van der Waals surface area (Å²) in [5.74, 6) is 1.03. The molecule has 1 aliphatic rings. The third-order valence-electron chi connectivity index (χ3n) is 3.93. The summed E-state index contributed by atoms with van der Waals surface area (Å²) in [6, 6.07) is 7.06. The molecule has 0 aliphatic carbocycles. The molecule has 0 spiro atoms. The zero-order chi connectivity index (χ0) is 13.9. The van der Waals surface area contributed by atoms with Gasteiger partial charge in [0.15, 0.2) is 0 Å². The number of likely N-dealkylation sites (tertiary alicyclic amines) is 1. The van der Waals surface area contributed by atoms with Gasteiger partial charge in [0.1, 0.15) is 11.5 Å². The van der Waals surface area contributed by atoms with Crippen molar-refractivity contribution in [2.24, 2.45) is 0 Å². The molecule has 1 aliphatic heterocycles. The van der Waals surface area contributed by atoms with E-state index in [1.54, 1.807) is 0 Å². The normalized spacial score (nSPS) is 19.8. The highest BCUT2D eigenvalue weighted by atomic mass is 32.1. The van der Waals surface area contributed by atoms with Gasteiger partial charge in [-0.3, -0.25) is 4.90 Å². The van der Waals surface area contributed by atoms with Crippen LogP contribution in [-0.2, 0) is 13.0 Å². The molecule has 20 heavy (non-hydrogen) atoms. The van der Waals surface area contributed by atoms with E-state index in [9.17, 15) is 0 Å². The number of hydrogen-bond acceptors (Lipinski definition) is 4. The van der Waals surface area contributed by atoms with Gasteiger partial charge < -0.3 is 4.52 Å². The SMILES string of the molecule is CCCc1cc(C2CCCN2Cc2ccc(C)s2)no1. The molecular formula is C16H22N2OS. The van der Waals surface area contributed by atoms with E-state index in [-0.39, 0.29) is 0 Å². The average Bonchev–Trinajstić information content (AvgIpc) is 3.12. The van der Waals surface area contributed by atoms with Crippen LogP contribution < -0.4 is 0 Å². The van der Waals surface area contributed by atoms with Gasteiger partial charge in [0.25, 0.3) is 0 Å². The van der Waals surface area contributed by atoms with E-state index in [2.05, 4.69) is 42.1 Å². The Kier molecular flexibility index (Phi) is 4.22. The van der Waals surface area contributed by atoms with Gasteiger partial charge in [-0.1, -0.05) is 12.1 Å². The largest absolute Gasteiger partial charge is 0.361 e. The topological polar surface area (TPSA) is 29.3 Å². The summed E-state index contributed by atoms with van der Waals surface area (Å²) in [5.41, 5.74) is 1.12. The first-order valence-electron chi connectivity index (χ1n) is 7.51. The van der Waals surface area contributed by atoms with Crippen LogP contribution in [0.4, 0.5) is 0 Å². The number of nitrogens with zero attached hydrogens (tertiary/aromatic N) is 2. The predicted molar refractivity (Wildman–Crippen MR) is 81.9 cm³/mol. The van der Waals surface area contributed by atoms with Crippen LogP contribution in [0.2, 0.25) is 0 Å². The van der Waals surface area contributed by atoms with Crippen LogP contribution in [0.1, 0.15) is 53.4 Å². The van der Waals surface area contributed by atoms with Crippen LogP contribution in [0, 0.1) is 6.92 Å². The number of rotatable bonds is 5. The second-order valence-electron chi connectivity index (χ2n) is 5.61. The molecule has 3 nitrogen and oxygen atoms in total. The molecule has 4 heteroatoms. The second-order valence-corrected chi connectivity index (χ2v) is 6.98. The van der Waals surface area contributed by atoms with E-state index in [1.165, 1.54) is 22.6 Å². The van der Waals surface area contributed by atoms with Crippen molar-refractivity contribution >= 4 is 11.3 Å². The maximum absolute atomic E-state index is 5.45. The van der Waals surface area contributed by atoms with Gasteiger partial charge in [-0.25, -0.2) is 0 Å². The van der Waals surface area contributed by atoms with Crippen molar-refractivity contribution in [2.75, 3.05) is 6.54 Å². The van der Waals surface area contributed by atoms with Crippen molar-refractivity contribution in [1.29, 1.82) is 0 Å². The van der Waals surface area contributed by atoms with E-state index < -0.39 is 0 Å². The van der Waals surface area contributed by atoms with Gasteiger partial charge in [-0.15, -0.1) is 11.3 Å². The Morgan fingerprint density at radius 2 is 2.35 bits per heavy atom. The van der Waals surface area contributed by atoms with Gasteiger partial charge >= 0.3 is 0 Å². The van der Waals surface area contributed by atoms with Crippen molar-refractivity contribution < 1.29 is 4.52 Å². The molecule has 3 rings (SSSR count). The van der Waals surface area contributed by atoms with E-state index in [0.29, 0.717) is 6.04 Å². The average molecular weight is 290 g/mol. The zero-order valence-corrected chi connectivity index (χ0v) is 13.1. The van der Waals surface area contributed by atoms with E-state index in [1.807, 2.05) is 11.3 Å². The number of thiophene rings is 1. The third-order valence-corrected chi connectivity index (χ3v) is 4.92. The van der Waals surface area contributed by atoms with Crippen molar-refractivity contribution in [3.05, 3.63) is 39.4 Å². The van der Waals surface area contributed by atoms with Crippen molar-refractivity contribution in [3.63, 3.8) is 0 Å². The Morgan fingerprint density at radius 1 is 1.45 bits per heavy atom. The number of aromatic nitrogens is 1. The minimum Gasteiger partial charge on any atom is -0.361 e. The summed E-state index contributed by atoms with van der Waals surface area (Å²) < 4.78 is 5.45. The van der Waals surface area contributed by atoms with E-state index in [4.69, 9.17) is 4.52 Å². The minimum absolute atomic E-state index is 0.437. The molecule has 2 aromatic heterocycles. The molecule has 0 aromatic carbocycles. The summed E-state index contributed by atoms with van der Waals surface area (Å²) >= 11 is 1.90. The third kappa shape index (κ3) is 2.96. The Hall–Kier alpha value is -1.13. The maximum Gasteiger partial charge on any atom is 0.137 e. The Bertz CT molecular complexity index is 560. The summed E-state index contributed by atoms with van der Waals surface area (Å²) in [5, 5.41) is 4.30. The lowest BCUT2D eigenvalue weighted by Gasteiger charge is -2.21. The van der Waals surface area contributed by atoms with Gasteiger partial charge in [0.2, 0.25) is 0 Å². The highest BCUT2D eigenvalue weighted by molar-refractivity contribution is 7.11. The van der Waals surface area contributed by atoms with Crippen molar-refractivity contribution in [3.8, 4) is 0 Å². The molecule has 0 radical (unpaired) electrons. The Labute approximate surface area is 124 Å². The molecule has 1 atom stereocenters. The lowest BCUT2D eigenvalue weighted by Crippen LogP contribution is -2.22. The molecule has 1 saturated heterocycles. The first-order chi connectivity index (χ1) is 9.76. The molecule has 0 bridgehead atoms. The quantitative estimate of drug-likeness (QED) is 0.820. The molecule has 0 saturated carbocycles. The molecule has 1 unspecified atom stereocenters. The fourth-order valence-corrected chi connectivity index (χ4v) is 3.89. The van der Waals surface area contributed by atoms with Gasteiger partial charge in [0.05, 0.1) is 6.04 Å². The van der Waals surface area contributed by atoms with Crippen LogP contribution in [-0.4, -0.2) is 16.6 Å². The summed E-state index contributed by atoms with van der Waals surface area (Å²) in [4.78, 5) is 5.38. The van der Waals surface area contributed by atoms with Crippen molar-refractivity contribution in [1.82, 2.24) is 10.1 Å². The summed E-state index contributed by atoms with van der Waals surface area (Å²) in [7, 11) is 0. The summed E-state index contributed by atoms with van der Waals surface area (Å²) in [6.07, 6.45) is 4.55. The van der Waals surface area contributed by atoms with Crippen LogP contribution in [0.25, 0.3) is 0 Å². The molecule has 108 valence electrons.